The maximum atomic E-state index is 15.5. The van der Waals surface area contributed by atoms with Crippen LogP contribution in [0.4, 0.5) is 34.6 Å². The Morgan fingerprint density at radius 2 is 1.50 bits per heavy atom. The molecule has 2 saturated heterocycles. The number of carbonyl (C=O) groups is 5. The third-order valence-electron chi connectivity index (χ3n) is 13.3. The highest BCUT2D eigenvalue weighted by Gasteiger charge is 2.52. The number of likely N-dealkylation sites (tertiary alicyclic amines) is 1. The quantitative estimate of drug-likeness (QED) is 0.0702. The van der Waals surface area contributed by atoms with Gasteiger partial charge in [-0.3, -0.25) is 33.9 Å². The third kappa shape index (κ3) is 11.5. The Bertz CT molecular complexity index is 3260. The van der Waals surface area contributed by atoms with Crippen molar-refractivity contribution in [2.24, 2.45) is 5.41 Å². The van der Waals surface area contributed by atoms with Crippen molar-refractivity contribution in [2.75, 3.05) is 21.7 Å². The molecule has 76 heavy (non-hydrogen) atoms. The van der Waals surface area contributed by atoms with Gasteiger partial charge in [0.2, 0.25) is 23.6 Å². The van der Waals surface area contributed by atoms with E-state index in [4.69, 9.17) is 12.2 Å². The van der Waals surface area contributed by atoms with Crippen molar-refractivity contribution in [2.45, 2.75) is 97.6 Å². The molecule has 2 aromatic heterocycles. The van der Waals surface area contributed by atoms with Crippen LogP contribution < -0.4 is 25.8 Å². The summed E-state index contributed by atoms with van der Waals surface area (Å²) < 4.78 is 56.9. The van der Waals surface area contributed by atoms with Crippen molar-refractivity contribution >= 4 is 75.3 Å². The minimum atomic E-state index is -5.21. The number of amides is 5. The van der Waals surface area contributed by atoms with Gasteiger partial charge in [-0.2, -0.15) is 18.4 Å². The summed E-state index contributed by atoms with van der Waals surface area (Å²) in [6.45, 7) is 11.3. The number of thiocarbonyl (C=S) groups is 1. The number of aromatic nitrogens is 2. The van der Waals surface area contributed by atoms with Crippen LogP contribution in [0.3, 0.4) is 0 Å². The molecule has 2 fully saturated rings. The van der Waals surface area contributed by atoms with Crippen molar-refractivity contribution in [3.05, 3.63) is 148 Å². The Labute approximate surface area is 446 Å². The van der Waals surface area contributed by atoms with Crippen molar-refractivity contribution in [1.82, 2.24) is 25.5 Å². The van der Waals surface area contributed by atoms with Crippen LogP contribution in [0.25, 0.3) is 21.7 Å². The highest BCUT2D eigenvalue weighted by atomic mass is 32.1. The van der Waals surface area contributed by atoms with E-state index in [0.29, 0.717) is 64.6 Å². The molecule has 0 radical (unpaired) electrons. The topological polar surface area (TPSA) is 181 Å². The molecular weight excluding hydrogens is 1020 g/mol. The second-order valence-corrected chi connectivity index (χ2v) is 21.4. The zero-order valence-corrected chi connectivity index (χ0v) is 44.0. The highest BCUT2D eigenvalue weighted by molar-refractivity contribution is 7.81. The zero-order valence-electron chi connectivity index (χ0n) is 42.3. The molecule has 0 bridgehead atoms. The number of hydrogen-bond acceptors (Lipinski definition) is 10. The SMILES string of the molecule is Cc1ncsc1-c1ccc(CNC(=O)C2CCCN2C(=O)C(NC(=O)Cc2ccc(CC(=O)Nc3ccc(-c4ccc(N5C(=S)N(c6ccc(C#N)c(C(F)(F)F)c6F)C(=O)C5(C)C)cn4)cc3)cc2)C(C)(C)C)cc1. The average molecular weight is 1070 g/mol. The molecule has 0 saturated carbocycles. The summed E-state index contributed by atoms with van der Waals surface area (Å²) in [7, 11) is 0. The molecule has 392 valence electrons. The lowest BCUT2D eigenvalue weighted by Crippen LogP contribution is -2.57. The number of pyridine rings is 1. The Kier molecular flexibility index (Phi) is 15.6. The van der Waals surface area contributed by atoms with Crippen LogP contribution in [0.2, 0.25) is 0 Å². The highest BCUT2D eigenvalue weighted by Crippen LogP contribution is 2.42. The van der Waals surface area contributed by atoms with Gasteiger partial charge in [0.1, 0.15) is 23.2 Å². The van der Waals surface area contributed by atoms with Crippen molar-refractivity contribution in [3.8, 4) is 27.8 Å². The number of benzene rings is 4. The van der Waals surface area contributed by atoms with E-state index in [9.17, 15) is 42.4 Å². The normalized spacial score (nSPS) is 15.9. The van der Waals surface area contributed by atoms with Gasteiger partial charge < -0.3 is 25.8 Å². The van der Waals surface area contributed by atoms with Crippen molar-refractivity contribution < 1.29 is 41.5 Å². The monoisotopic (exact) mass is 1070 g/mol. The number of rotatable bonds is 14. The maximum absolute atomic E-state index is 15.5. The predicted octanol–water partition coefficient (Wildman–Crippen LogP) is 9.69. The molecule has 2 atom stereocenters. The summed E-state index contributed by atoms with van der Waals surface area (Å²) in [5.41, 5.74) is 2.55. The van der Waals surface area contributed by atoms with E-state index < -0.39 is 57.8 Å². The number of halogens is 4. The van der Waals surface area contributed by atoms with E-state index in [0.717, 1.165) is 33.8 Å². The summed E-state index contributed by atoms with van der Waals surface area (Å²) in [6, 6.07) is 26.6. The van der Waals surface area contributed by atoms with E-state index in [1.165, 1.54) is 31.0 Å². The number of nitrogens with zero attached hydrogens (tertiary/aromatic N) is 6. The largest absolute Gasteiger partial charge is 0.420 e. The van der Waals surface area contributed by atoms with Gasteiger partial charge in [0, 0.05) is 24.3 Å². The first-order valence-electron chi connectivity index (χ1n) is 24.3. The molecule has 20 heteroatoms. The number of nitrogens with one attached hydrogen (secondary N) is 3. The van der Waals surface area contributed by atoms with Gasteiger partial charge in [-0.1, -0.05) is 81.4 Å². The summed E-state index contributed by atoms with van der Waals surface area (Å²) in [5, 5.41) is 17.7. The van der Waals surface area contributed by atoms with Gasteiger partial charge in [0.15, 0.2) is 10.9 Å². The molecule has 3 N–H and O–H groups in total. The van der Waals surface area contributed by atoms with Gasteiger partial charge in [0.05, 0.1) is 63.8 Å². The zero-order chi connectivity index (χ0) is 54.9. The molecule has 0 spiro atoms. The Hall–Kier alpha value is -7.89. The van der Waals surface area contributed by atoms with Gasteiger partial charge >= 0.3 is 6.18 Å². The maximum Gasteiger partial charge on any atom is 0.420 e. The number of aryl methyl sites for hydroxylation is 1. The fourth-order valence-electron chi connectivity index (χ4n) is 9.30. The van der Waals surface area contributed by atoms with Crippen LogP contribution in [0, 0.1) is 29.5 Å². The van der Waals surface area contributed by atoms with Gasteiger partial charge in [-0.05, 0) is 110 Å². The Morgan fingerprint density at radius 3 is 2.08 bits per heavy atom. The molecule has 4 aromatic carbocycles. The van der Waals surface area contributed by atoms with Crippen LogP contribution in [-0.4, -0.2) is 73.7 Å². The summed E-state index contributed by atoms with van der Waals surface area (Å²) in [4.78, 5) is 81.4. The van der Waals surface area contributed by atoms with Gasteiger partial charge in [0.25, 0.3) is 5.91 Å². The number of thiazole rings is 1. The van der Waals surface area contributed by atoms with E-state index >= 15 is 4.39 Å². The lowest BCUT2D eigenvalue weighted by atomic mass is 9.85. The van der Waals surface area contributed by atoms with E-state index in [1.54, 1.807) is 76.9 Å². The molecule has 5 amide bonds. The molecule has 8 rings (SSSR count). The Morgan fingerprint density at radius 1 is 0.868 bits per heavy atom. The fraction of sp³-hybridized carbons (Fsp3) is 0.304. The number of anilines is 3. The second kappa shape index (κ2) is 21.8. The van der Waals surface area contributed by atoms with Crippen molar-refractivity contribution in [3.63, 3.8) is 0 Å². The molecule has 2 aliphatic heterocycles. The lowest BCUT2D eigenvalue weighted by molar-refractivity contribution is -0.143. The molecule has 6 aromatic rings. The van der Waals surface area contributed by atoms with Crippen LogP contribution in [0.15, 0.2) is 109 Å². The standard InChI is InChI=1S/C56H53F4N9O5S2/c1-32-48(76-31-64-32)37-15-13-35(14-16-37)29-63-50(72)43-8-7-25-67(43)51(73)49(54(2,3)4)66-45(71)27-34-11-9-33(10-12-34)26-44(70)65-39-20-17-36(18-21-39)41-23-22-40(30-62-41)69-53(75)68(52(74)55(69,5)6)42-24-19-38(28-61)46(47(42)57)56(58,59)60/h9-24,30-31,43,49H,7-8,25-27,29H2,1-6H3,(H,63,72)(H,65,70)(H,66,71). The molecule has 14 nitrogen and oxygen atoms in total. The second-order valence-electron chi connectivity index (χ2n) is 20.2. The molecule has 2 unspecified atom stereocenters. The molecule has 4 heterocycles. The first-order chi connectivity index (χ1) is 36.0. The van der Waals surface area contributed by atoms with Crippen LogP contribution in [0.1, 0.15) is 81.0 Å². The van der Waals surface area contributed by atoms with Gasteiger partial charge in [-0.15, -0.1) is 11.3 Å². The predicted molar refractivity (Wildman–Crippen MR) is 285 cm³/mol. The van der Waals surface area contributed by atoms with E-state index in [2.05, 4.69) is 25.9 Å². The van der Waals surface area contributed by atoms with Crippen LogP contribution >= 0.6 is 23.6 Å². The van der Waals surface area contributed by atoms with Crippen LogP contribution in [0.5, 0.6) is 0 Å². The summed E-state index contributed by atoms with van der Waals surface area (Å²) in [6.07, 6.45) is -2.58. The minimum absolute atomic E-state index is 0.0142. The number of hydrogen-bond donors (Lipinski definition) is 3. The molecular formula is C56H53F4N9O5S2. The summed E-state index contributed by atoms with van der Waals surface area (Å²) in [5.74, 6) is -3.79. The summed E-state index contributed by atoms with van der Waals surface area (Å²) >= 11 is 7.12. The first kappa shape index (κ1) is 54.4. The molecule has 2 aliphatic rings. The first-order valence-corrected chi connectivity index (χ1v) is 25.5. The number of nitriles is 1. The number of alkyl halides is 3. The van der Waals surface area contributed by atoms with Crippen molar-refractivity contribution in [1.29, 1.82) is 5.26 Å². The minimum Gasteiger partial charge on any atom is -0.350 e. The van der Waals surface area contributed by atoms with E-state index in [-0.39, 0.29) is 41.6 Å². The van der Waals surface area contributed by atoms with Crippen LogP contribution in [-0.2, 0) is 49.5 Å². The van der Waals surface area contributed by atoms with E-state index in [1.807, 2.05) is 57.5 Å². The van der Waals surface area contributed by atoms with Gasteiger partial charge in [-0.25, -0.2) is 9.37 Å². The number of carbonyl (C=O) groups excluding carboxylic acids is 5. The fourth-order valence-corrected chi connectivity index (χ4v) is 10.6. The Balaban J connectivity index is 0.826. The third-order valence-corrected chi connectivity index (χ3v) is 14.7. The lowest BCUT2D eigenvalue weighted by Gasteiger charge is -2.35. The average Bonchev–Trinajstić information content (AvgIpc) is 4.13. The molecule has 0 aliphatic carbocycles. The smallest absolute Gasteiger partial charge is 0.350 e.